The van der Waals surface area contributed by atoms with E-state index < -0.39 is 24.3 Å². The Kier molecular flexibility index (Phi) is 4.04. The molecule has 1 heterocycles. The maximum absolute atomic E-state index is 11.1. The highest BCUT2D eigenvalue weighted by Gasteiger charge is 2.23. The lowest BCUT2D eigenvalue weighted by Gasteiger charge is -2.18. The second kappa shape index (κ2) is 5.73. The van der Waals surface area contributed by atoms with Crippen LogP contribution in [0.5, 0.6) is 0 Å². The number of carboxylic acids is 2. The Bertz CT molecular complexity index is 463. The molecule has 0 saturated carbocycles. The first-order chi connectivity index (χ1) is 9.08. The van der Waals surface area contributed by atoms with Gasteiger partial charge in [-0.3, -0.25) is 9.59 Å². The van der Waals surface area contributed by atoms with Gasteiger partial charge in [0.25, 0.3) is 0 Å². The van der Waals surface area contributed by atoms with Crippen LogP contribution in [0.2, 0.25) is 0 Å². The maximum atomic E-state index is 11.1. The smallest absolute Gasteiger partial charge is 0.311 e. The van der Waals surface area contributed by atoms with Crippen LogP contribution < -0.4 is 4.90 Å². The lowest BCUT2D eigenvalue weighted by Crippen LogP contribution is -2.18. The molecule has 1 aromatic carbocycles. The van der Waals surface area contributed by atoms with Crippen molar-refractivity contribution in [2.24, 2.45) is 0 Å². The molecule has 19 heavy (non-hydrogen) atoms. The summed E-state index contributed by atoms with van der Waals surface area (Å²) >= 11 is 0. The van der Waals surface area contributed by atoms with Crippen LogP contribution in [0.15, 0.2) is 24.3 Å². The van der Waals surface area contributed by atoms with Crippen LogP contribution in [0.4, 0.5) is 5.69 Å². The van der Waals surface area contributed by atoms with E-state index in [1.165, 1.54) is 12.8 Å². The predicted octanol–water partition coefficient (Wildman–Crippen LogP) is 1.93. The quantitative estimate of drug-likeness (QED) is 0.848. The SMILES string of the molecule is O=C(O)CC(C(=O)O)c1ccc(N2CCCC2)cc1. The molecule has 5 nitrogen and oxygen atoms in total. The van der Waals surface area contributed by atoms with Crippen LogP contribution in [0.3, 0.4) is 0 Å². The third kappa shape index (κ3) is 3.24. The number of hydrogen-bond acceptors (Lipinski definition) is 3. The summed E-state index contributed by atoms with van der Waals surface area (Å²) in [5.41, 5.74) is 1.61. The van der Waals surface area contributed by atoms with Crippen molar-refractivity contribution in [3.63, 3.8) is 0 Å². The summed E-state index contributed by atoms with van der Waals surface area (Å²) in [6.07, 6.45) is 1.97. The standard InChI is InChI=1S/C14H17NO4/c16-13(17)9-12(14(18)19)10-3-5-11(6-4-10)15-7-1-2-8-15/h3-6,12H,1-2,7-9H2,(H,16,17)(H,18,19). The molecule has 0 spiro atoms. The molecule has 102 valence electrons. The van der Waals surface area contributed by atoms with Crippen LogP contribution in [-0.2, 0) is 9.59 Å². The predicted molar refractivity (Wildman–Crippen MR) is 70.5 cm³/mol. The zero-order chi connectivity index (χ0) is 13.8. The maximum Gasteiger partial charge on any atom is 0.311 e. The number of nitrogens with zero attached hydrogens (tertiary/aromatic N) is 1. The molecule has 2 rings (SSSR count). The molecule has 1 fully saturated rings. The molecule has 1 saturated heterocycles. The normalized spacial score (nSPS) is 16.3. The first-order valence-corrected chi connectivity index (χ1v) is 6.37. The number of anilines is 1. The van der Waals surface area contributed by atoms with E-state index in [0.29, 0.717) is 5.56 Å². The van der Waals surface area contributed by atoms with Gasteiger partial charge in [0.2, 0.25) is 0 Å². The summed E-state index contributed by atoms with van der Waals surface area (Å²) in [6.45, 7) is 2.05. The number of aliphatic carboxylic acids is 2. The fourth-order valence-electron chi connectivity index (χ4n) is 2.42. The lowest BCUT2D eigenvalue weighted by molar-refractivity contribution is -0.145. The summed E-state index contributed by atoms with van der Waals surface area (Å²) in [5, 5.41) is 17.8. The number of carbonyl (C=O) groups is 2. The van der Waals surface area contributed by atoms with Gasteiger partial charge in [-0.25, -0.2) is 0 Å². The summed E-state index contributed by atoms with van der Waals surface area (Å²) in [7, 11) is 0. The molecule has 5 heteroatoms. The van der Waals surface area contributed by atoms with E-state index in [-0.39, 0.29) is 0 Å². The van der Waals surface area contributed by atoms with E-state index in [0.717, 1.165) is 18.8 Å². The molecule has 1 aliphatic heterocycles. The van der Waals surface area contributed by atoms with Crippen LogP contribution in [0.1, 0.15) is 30.7 Å². The Hall–Kier alpha value is -2.04. The van der Waals surface area contributed by atoms with Gasteiger partial charge in [0.05, 0.1) is 12.3 Å². The van der Waals surface area contributed by atoms with E-state index in [1.54, 1.807) is 12.1 Å². The molecular formula is C14H17NO4. The van der Waals surface area contributed by atoms with Crippen molar-refractivity contribution < 1.29 is 19.8 Å². The summed E-state index contributed by atoms with van der Waals surface area (Å²) in [6, 6.07) is 7.18. The molecule has 1 aliphatic rings. The van der Waals surface area contributed by atoms with Gasteiger partial charge >= 0.3 is 11.9 Å². The largest absolute Gasteiger partial charge is 0.481 e. The second-order valence-corrected chi connectivity index (χ2v) is 4.77. The Balaban J connectivity index is 2.15. The Labute approximate surface area is 111 Å². The van der Waals surface area contributed by atoms with E-state index >= 15 is 0 Å². The minimum absolute atomic E-state index is 0.390. The average molecular weight is 263 g/mol. The molecule has 2 N–H and O–H groups in total. The summed E-state index contributed by atoms with van der Waals surface area (Å²) in [4.78, 5) is 24.0. The van der Waals surface area contributed by atoms with E-state index in [2.05, 4.69) is 4.90 Å². The summed E-state index contributed by atoms with van der Waals surface area (Å²) in [5.74, 6) is -3.18. The average Bonchev–Trinajstić information content (AvgIpc) is 2.89. The Morgan fingerprint density at radius 1 is 1.11 bits per heavy atom. The van der Waals surface area contributed by atoms with Crippen molar-refractivity contribution in [2.45, 2.75) is 25.2 Å². The lowest BCUT2D eigenvalue weighted by atomic mass is 9.95. The minimum Gasteiger partial charge on any atom is -0.481 e. The van der Waals surface area contributed by atoms with Crippen molar-refractivity contribution in [3.05, 3.63) is 29.8 Å². The van der Waals surface area contributed by atoms with E-state index in [9.17, 15) is 9.59 Å². The van der Waals surface area contributed by atoms with Gasteiger partial charge in [-0.15, -0.1) is 0 Å². The number of benzene rings is 1. The highest BCUT2D eigenvalue weighted by Crippen LogP contribution is 2.25. The van der Waals surface area contributed by atoms with Crippen molar-refractivity contribution >= 4 is 17.6 Å². The number of carboxylic acid groups (broad SMARTS) is 2. The zero-order valence-electron chi connectivity index (χ0n) is 10.6. The fraction of sp³-hybridized carbons (Fsp3) is 0.429. The van der Waals surface area contributed by atoms with E-state index in [4.69, 9.17) is 10.2 Å². The molecule has 0 amide bonds. The van der Waals surface area contributed by atoms with Gasteiger partial charge in [-0.05, 0) is 30.5 Å². The van der Waals surface area contributed by atoms with Crippen LogP contribution in [0, 0.1) is 0 Å². The Morgan fingerprint density at radius 3 is 2.16 bits per heavy atom. The van der Waals surface area contributed by atoms with Crippen molar-refractivity contribution in [1.82, 2.24) is 0 Å². The highest BCUT2D eigenvalue weighted by atomic mass is 16.4. The highest BCUT2D eigenvalue weighted by molar-refractivity contribution is 5.82. The molecule has 0 bridgehead atoms. The Morgan fingerprint density at radius 2 is 1.68 bits per heavy atom. The molecular weight excluding hydrogens is 246 g/mol. The molecule has 1 atom stereocenters. The first kappa shape index (κ1) is 13.4. The monoisotopic (exact) mass is 263 g/mol. The molecule has 0 aromatic heterocycles. The third-order valence-electron chi connectivity index (χ3n) is 3.44. The molecule has 0 aliphatic carbocycles. The van der Waals surface area contributed by atoms with Crippen molar-refractivity contribution in [1.29, 1.82) is 0 Å². The number of rotatable bonds is 5. The van der Waals surface area contributed by atoms with Gasteiger partial charge < -0.3 is 15.1 Å². The third-order valence-corrected chi connectivity index (χ3v) is 3.44. The van der Waals surface area contributed by atoms with Crippen molar-refractivity contribution in [2.75, 3.05) is 18.0 Å². The molecule has 1 aromatic rings. The second-order valence-electron chi connectivity index (χ2n) is 4.77. The van der Waals surface area contributed by atoms with Gasteiger partial charge in [-0.2, -0.15) is 0 Å². The van der Waals surface area contributed by atoms with Gasteiger partial charge in [0, 0.05) is 18.8 Å². The minimum atomic E-state index is -1.10. The zero-order valence-corrected chi connectivity index (χ0v) is 10.6. The molecule has 0 radical (unpaired) electrons. The van der Waals surface area contributed by atoms with Crippen LogP contribution in [-0.4, -0.2) is 35.2 Å². The van der Waals surface area contributed by atoms with E-state index in [1.807, 2.05) is 12.1 Å². The summed E-state index contributed by atoms with van der Waals surface area (Å²) < 4.78 is 0. The van der Waals surface area contributed by atoms with Gasteiger partial charge in [-0.1, -0.05) is 12.1 Å². The van der Waals surface area contributed by atoms with Gasteiger partial charge in [0.1, 0.15) is 0 Å². The molecule has 1 unspecified atom stereocenters. The first-order valence-electron chi connectivity index (χ1n) is 6.37. The van der Waals surface area contributed by atoms with Crippen molar-refractivity contribution in [3.8, 4) is 0 Å². The van der Waals surface area contributed by atoms with Gasteiger partial charge in [0.15, 0.2) is 0 Å². The number of hydrogen-bond donors (Lipinski definition) is 2. The van der Waals surface area contributed by atoms with Crippen LogP contribution in [0.25, 0.3) is 0 Å². The van der Waals surface area contributed by atoms with Crippen LogP contribution >= 0.6 is 0 Å². The fourth-order valence-corrected chi connectivity index (χ4v) is 2.42. The topological polar surface area (TPSA) is 77.8 Å².